The van der Waals surface area contributed by atoms with Gasteiger partial charge in [-0.25, -0.2) is 4.98 Å². The maximum atomic E-state index is 12.0. The quantitative estimate of drug-likeness (QED) is 0.902. The van der Waals surface area contributed by atoms with Crippen molar-refractivity contribution >= 4 is 17.2 Å². The van der Waals surface area contributed by atoms with Crippen molar-refractivity contribution in [3.63, 3.8) is 0 Å². The number of hydrogen-bond donors (Lipinski definition) is 1. The van der Waals surface area contributed by atoms with E-state index in [0.717, 1.165) is 18.8 Å². The highest BCUT2D eigenvalue weighted by atomic mass is 35.5. The Morgan fingerprint density at radius 1 is 1.42 bits per heavy atom. The van der Waals surface area contributed by atoms with E-state index < -0.39 is 0 Å². The standard InChI is InChI=1S/C13H14ClN3O2/c14-10-1-2-12-15-11(3-13(19)17(12)6-10)7-16-4-9(5-16)8-18/h1-3,6,9,18H,4-5,7-8H2. The molecule has 100 valence electrons. The van der Waals surface area contributed by atoms with Crippen molar-refractivity contribution in [2.45, 2.75) is 6.54 Å². The second-order valence-corrected chi connectivity index (χ2v) is 5.34. The molecule has 0 radical (unpaired) electrons. The van der Waals surface area contributed by atoms with Gasteiger partial charge in [-0.2, -0.15) is 0 Å². The number of aromatic nitrogens is 2. The monoisotopic (exact) mass is 279 g/mol. The van der Waals surface area contributed by atoms with Gasteiger partial charge in [0.1, 0.15) is 5.65 Å². The van der Waals surface area contributed by atoms with Crippen molar-refractivity contribution in [3.05, 3.63) is 45.5 Å². The molecule has 0 atom stereocenters. The van der Waals surface area contributed by atoms with Crippen LogP contribution in [0.5, 0.6) is 0 Å². The first-order chi connectivity index (χ1) is 9.15. The van der Waals surface area contributed by atoms with E-state index in [1.165, 1.54) is 10.5 Å². The molecule has 0 saturated carbocycles. The molecule has 5 nitrogen and oxygen atoms in total. The van der Waals surface area contributed by atoms with Crippen molar-refractivity contribution in [2.24, 2.45) is 5.92 Å². The minimum Gasteiger partial charge on any atom is -0.396 e. The zero-order chi connectivity index (χ0) is 13.4. The van der Waals surface area contributed by atoms with E-state index in [0.29, 0.717) is 23.1 Å². The molecule has 0 spiro atoms. The average molecular weight is 280 g/mol. The van der Waals surface area contributed by atoms with Crippen molar-refractivity contribution in [1.29, 1.82) is 0 Å². The fourth-order valence-corrected chi connectivity index (χ4v) is 2.52. The number of aliphatic hydroxyl groups is 1. The van der Waals surface area contributed by atoms with Crippen molar-refractivity contribution < 1.29 is 5.11 Å². The van der Waals surface area contributed by atoms with E-state index in [1.807, 2.05) is 0 Å². The molecule has 0 aromatic carbocycles. The third kappa shape index (κ3) is 2.49. The Labute approximate surface area is 115 Å². The Hall–Kier alpha value is -1.43. The maximum Gasteiger partial charge on any atom is 0.258 e. The Morgan fingerprint density at radius 3 is 2.95 bits per heavy atom. The predicted molar refractivity (Wildman–Crippen MR) is 72.3 cm³/mol. The van der Waals surface area contributed by atoms with Crippen LogP contribution in [0.1, 0.15) is 5.69 Å². The molecule has 3 rings (SSSR count). The Balaban J connectivity index is 1.85. The fourth-order valence-electron chi connectivity index (χ4n) is 2.36. The number of nitrogens with zero attached hydrogens (tertiary/aromatic N) is 3. The molecule has 3 heterocycles. The summed E-state index contributed by atoms with van der Waals surface area (Å²) in [6.07, 6.45) is 1.57. The highest BCUT2D eigenvalue weighted by Crippen LogP contribution is 2.17. The van der Waals surface area contributed by atoms with Crippen LogP contribution in [0.2, 0.25) is 5.02 Å². The number of aliphatic hydroxyl groups excluding tert-OH is 1. The van der Waals surface area contributed by atoms with Gasteiger partial charge in [0.15, 0.2) is 0 Å². The minimum absolute atomic E-state index is 0.123. The highest BCUT2D eigenvalue weighted by Gasteiger charge is 2.26. The summed E-state index contributed by atoms with van der Waals surface area (Å²) in [6, 6.07) is 4.99. The minimum atomic E-state index is -0.123. The van der Waals surface area contributed by atoms with Crippen LogP contribution in [0.4, 0.5) is 0 Å². The van der Waals surface area contributed by atoms with Gasteiger partial charge in [0.05, 0.1) is 10.7 Å². The van der Waals surface area contributed by atoms with Crippen LogP contribution in [0, 0.1) is 5.92 Å². The SMILES string of the molecule is O=c1cc(CN2CC(CO)C2)nc2ccc(Cl)cn12. The topological polar surface area (TPSA) is 57.8 Å². The molecule has 1 aliphatic rings. The molecule has 0 bridgehead atoms. The summed E-state index contributed by atoms with van der Waals surface area (Å²) in [4.78, 5) is 18.6. The van der Waals surface area contributed by atoms with Gasteiger partial charge >= 0.3 is 0 Å². The number of hydrogen-bond acceptors (Lipinski definition) is 4. The van der Waals surface area contributed by atoms with E-state index in [2.05, 4.69) is 9.88 Å². The van der Waals surface area contributed by atoms with Crippen LogP contribution in [-0.4, -0.2) is 39.1 Å². The summed E-state index contributed by atoms with van der Waals surface area (Å²) in [5, 5.41) is 9.48. The summed E-state index contributed by atoms with van der Waals surface area (Å²) >= 11 is 5.86. The zero-order valence-electron chi connectivity index (χ0n) is 10.3. The molecular formula is C13H14ClN3O2. The first kappa shape index (κ1) is 12.6. The molecule has 1 fully saturated rings. The lowest BCUT2D eigenvalue weighted by Crippen LogP contribution is -2.47. The van der Waals surface area contributed by atoms with Crippen LogP contribution < -0.4 is 5.56 Å². The van der Waals surface area contributed by atoms with Crippen LogP contribution in [0.25, 0.3) is 5.65 Å². The molecule has 19 heavy (non-hydrogen) atoms. The lowest BCUT2D eigenvalue weighted by atomic mass is 10.0. The largest absolute Gasteiger partial charge is 0.396 e. The number of pyridine rings is 1. The Morgan fingerprint density at radius 2 is 2.21 bits per heavy atom. The summed E-state index contributed by atoms with van der Waals surface area (Å²) in [5.74, 6) is 0.361. The Bertz CT molecular complexity index is 664. The summed E-state index contributed by atoms with van der Waals surface area (Å²) < 4.78 is 1.44. The second-order valence-electron chi connectivity index (χ2n) is 4.90. The van der Waals surface area contributed by atoms with Gasteiger partial charge in [0, 0.05) is 44.4 Å². The molecular weight excluding hydrogens is 266 g/mol. The summed E-state index contributed by atoms with van der Waals surface area (Å²) in [7, 11) is 0. The van der Waals surface area contributed by atoms with E-state index in [1.54, 1.807) is 18.3 Å². The first-order valence-corrected chi connectivity index (χ1v) is 6.54. The van der Waals surface area contributed by atoms with Crippen LogP contribution in [-0.2, 0) is 6.54 Å². The maximum absolute atomic E-state index is 12.0. The van der Waals surface area contributed by atoms with Gasteiger partial charge in [-0.15, -0.1) is 0 Å². The van der Waals surface area contributed by atoms with E-state index in [-0.39, 0.29) is 12.2 Å². The zero-order valence-corrected chi connectivity index (χ0v) is 11.0. The molecule has 1 N–H and O–H groups in total. The average Bonchev–Trinajstić information content (AvgIpc) is 2.34. The fraction of sp³-hybridized carbons (Fsp3) is 0.385. The normalized spacial score (nSPS) is 16.7. The van der Waals surface area contributed by atoms with E-state index >= 15 is 0 Å². The van der Waals surface area contributed by atoms with Crippen LogP contribution in [0.3, 0.4) is 0 Å². The molecule has 1 saturated heterocycles. The number of likely N-dealkylation sites (tertiary alicyclic amines) is 1. The molecule has 0 aliphatic carbocycles. The van der Waals surface area contributed by atoms with Crippen LogP contribution in [0.15, 0.2) is 29.2 Å². The molecule has 0 unspecified atom stereocenters. The number of fused-ring (bicyclic) bond motifs is 1. The second kappa shape index (κ2) is 4.92. The van der Waals surface area contributed by atoms with Gasteiger partial charge < -0.3 is 5.11 Å². The van der Waals surface area contributed by atoms with Crippen LogP contribution >= 0.6 is 11.6 Å². The number of halogens is 1. The summed E-state index contributed by atoms with van der Waals surface area (Å²) in [6.45, 7) is 2.59. The van der Waals surface area contributed by atoms with Gasteiger partial charge in [-0.1, -0.05) is 11.6 Å². The summed E-state index contributed by atoms with van der Waals surface area (Å²) in [5.41, 5.74) is 1.23. The van der Waals surface area contributed by atoms with E-state index in [9.17, 15) is 4.79 Å². The lowest BCUT2D eigenvalue weighted by Gasteiger charge is -2.37. The van der Waals surface area contributed by atoms with Crippen molar-refractivity contribution in [3.8, 4) is 0 Å². The Kier molecular flexibility index (Phi) is 3.26. The van der Waals surface area contributed by atoms with Gasteiger partial charge in [-0.3, -0.25) is 14.1 Å². The molecule has 1 aliphatic heterocycles. The van der Waals surface area contributed by atoms with Gasteiger partial charge in [-0.05, 0) is 12.1 Å². The highest BCUT2D eigenvalue weighted by molar-refractivity contribution is 6.30. The third-order valence-electron chi connectivity index (χ3n) is 3.35. The predicted octanol–water partition coefficient (Wildman–Crippen LogP) is 0.772. The van der Waals surface area contributed by atoms with Gasteiger partial charge in [0.25, 0.3) is 5.56 Å². The molecule has 0 amide bonds. The first-order valence-electron chi connectivity index (χ1n) is 6.17. The smallest absolute Gasteiger partial charge is 0.258 e. The molecule has 2 aromatic rings. The third-order valence-corrected chi connectivity index (χ3v) is 3.58. The molecule has 2 aromatic heterocycles. The lowest BCUT2D eigenvalue weighted by molar-refractivity contribution is 0.0470. The van der Waals surface area contributed by atoms with Gasteiger partial charge in [0.2, 0.25) is 0 Å². The van der Waals surface area contributed by atoms with E-state index in [4.69, 9.17) is 16.7 Å². The molecule has 6 heteroatoms. The number of rotatable bonds is 3. The van der Waals surface area contributed by atoms with Crippen molar-refractivity contribution in [1.82, 2.24) is 14.3 Å². The van der Waals surface area contributed by atoms with Crippen molar-refractivity contribution in [2.75, 3.05) is 19.7 Å².